The fraction of sp³-hybridized carbons (Fsp3) is 0.333. The molecule has 5 nitrogen and oxygen atoms in total. The molecule has 5 rings (SSSR count). The van der Waals surface area contributed by atoms with Crippen molar-refractivity contribution in [2.24, 2.45) is 0 Å². The molecule has 0 saturated heterocycles. The van der Waals surface area contributed by atoms with E-state index in [1.165, 1.54) is 16.8 Å². The number of hydrogen-bond acceptors (Lipinski definition) is 4. The lowest BCUT2D eigenvalue weighted by molar-refractivity contribution is 0.167. The zero-order chi connectivity index (χ0) is 17.5. The molecule has 3 aromatic rings. The van der Waals surface area contributed by atoms with Crippen LogP contribution in [0.5, 0.6) is 5.75 Å². The van der Waals surface area contributed by atoms with Crippen LogP contribution in [0.2, 0.25) is 0 Å². The number of hydrogen-bond donors (Lipinski definition) is 0. The quantitative estimate of drug-likeness (QED) is 0.728. The van der Waals surface area contributed by atoms with Gasteiger partial charge in [-0.2, -0.15) is 0 Å². The number of imidazole rings is 1. The Labute approximate surface area is 153 Å². The lowest BCUT2D eigenvalue weighted by atomic mass is 10.0. The first-order valence-electron chi connectivity index (χ1n) is 9.23. The molecule has 0 aliphatic carbocycles. The van der Waals surface area contributed by atoms with Gasteiger partial charge in [-0.25, -0.2) is 4.98 Å². The molecule has 0 amide bonds. The van der Waals surface area contributed by atoms with E-state index in [1.54, 1.807) is 6.20 Å². The summed E-state index contributed by atoms with van der Waals surface area (Å²) in [5.41, 5.74) is 6.06. The second kappa shape index (κ2) is 6.25. The number of benzene rings is 1. The molecule has 132 valence electrons. The molecule has 26 heavy (non-hydrogen) atoms. The number of aromatic nitrogens is 3. The van der Waals surface area contributed by atoms with Crippen LogP contribution in [-0.2, 0) is 19.5 Å². The summed E-state index contributed by atoms with van der Waals surface area (Å²) < 4.78 is 8.03. The zero-order valence-corrected chi connectivity index (χ0v) is 14.9. The lowest BCUT2D eigenvalue weighted by Gasteiger charge is -2.34. The highest BCUT2D eigenvalue weighted by molar-refractivity contribution is 5.60. The van der Waals surface area contributed by atoms with Crippen LogP contribution in [0.3, 0.4) is 0 Å². The molecule has 5 heteroatoms. The minimum Gasteiger partial charge on any atom is -0.493 e. The van der Waals surface area contributed by atoms with E-state index >= 15 is 0 Å². The summed E-state index contributed by atoms with van der Waals surface area (Å²) in [6.45, 7) is 5.98. The maximum atomic E-state index is 5.76. The van der Waals surface area contributed by atoms with Gasteiger partial charge in [0.15, 0.2) is 0 Å². The lowest BCUT2D eigenvalue weighted by Crippen LogP contribution is -2.35. The van der Waals surface area contributed by atoms with E-state index in [0.717, 1.165) is 49.7 Å². The van der Waals surface area contributed by atoms with Gasteiger partial charge >= 0.3 is 0 Å². The number of ether oxygens (including phenoxy) is 1. The summed E-state index contributed by atoms with van der Waals surface area (Å²) in [6, 6.07) is 11.1. The molecule has 0 radical (unpaired) electrons. The predicted octanol–water partition coefficient (Wildman–Crippen LogP) is 3.46. The Hall–Kier alpha value is -2.66. The fourth-order valence-corrected chi connectivity index (χ4v) is 4.00. The van der Waals surface area contributed by atoms with Crippen LogP contribution < -0.4 is 4.74 Å². The second-order valence-corrected chi connectivity index (χ2v) is 7.09. The standard InChI is InChI=1S/C21H22N4O/c1-15(17-5-4-16-6-10-26-20(16)11-17)24-8-9-25-14-23-21(19(25)13-24)18-3-2-7-22-12-18/h2-5,7,11-12,14-15H,6,8-10,13H2,1H3. The summed E-state index contributed by atoms with van der Waals surface area (Å²) in [7, 11) is 0. The van der Waals surface area contributed by atoms with Gasteiger partial charge in [0.05, 0.1) is 24.3 Å². The smallest absolute Gasteiger partial charge is 0.122 e. The van der Waals surface area contributed by atoms with Crippen molar-refractivity contribution in [1.82, 2.24) is 19.4 Å². The van der Waals surface area contributed by atoms with Crippen molar-refractivity contribution in [3.63, 3.8) is 0 Å². The minimum atomic E-state index is 0.342. The second-order valence-electron chi connectivity index (χ2n) is 7.09. The highest BCUT2D eigenvalue weighted by Crippen LogP contribution is 2.33. The molecule has 1 atom stereocenters. The molecule has 4 heterocycles. The SMILES string of the molecule is CC(c1ccc2c(c1)OCC2)N1CCn2cnc(-c3cccnc3)c2C1. The molecule has 2 aliphatic rings. The molecule has 2 aromatic heterocycles. The fourth-order valence-electron chi connectivity index (χ4n) is 4.00. The number of fused-ring (bicyclic) bond motifs is 2. The normalized spacial score (nSPS) is 17.4. The third kappa shape index (κ3) is 2.59. The van der Waals surface area contributed by atoms with E-state index in [2.05, 4.69) is 50.6 Å². The highest BCUT2D eigenvalue weighted by atomic mass is 16.5. The summed E-state index contributed by atoms with van der Waals surface area (Å²) in [5.74, 6) is 1.06. The summed E-state index contributed by atoms with van der Waals surface area (Å²) in [4.78, 5) is 11.4. The monoisotopic (exact) mass is 346 g/mol. The van der Waals surface area contributed by atoms with Gasteiger partial charge in [-0.3, -0.25) is 9.88 Å². The van der Waals surface area contributed by atoms with Crippen molar-refractivity contribution in [3.8, 4) is 17.0 Å². The predicted molar refractivity (Wildman–Crippen MR) is 99.9 cm³/mol. The van der Waals surface area contributed by atoms with E-state index in [0.29, 0.717) is 6.04 Å². The molecule has 0 N–H and O–H groups in total. The van der Waals surface area contributed by atoms with Crippen molar-refractivity contribution in [3.05, 3.63) is 65.9 Å². The summed E-state index contributed by atoms with van der Waals surface area (Å²) in [6.07, 6.45) is 6.68. The van der Waals surface area contributed by atoms with Crippen LogP contribution in [-0.4, -0.2) is 32.6 Å². The zero-order valence-electron chi connectivity index (χ0n) is 14.9. The van der Waals surface area contributed by atoms with E-state index in [4.69, 9.17) is 4.74 Å². The number of pyridine rings is 1. The Kier molecular flexibility index (Phi) is 3.75. The Morgan fingerprint density at radius 2 is 2.15 bits per heavy atom. The third-order valence-corrected chi connectivity index (χ3v) is 5.61. The summed E-state index contributed by atoms with van der Waals surface area (Å²) in [5, 5.41) is 0. The van der Waals surface area contributed by atoms with Crippen molar-refractivity contribution in [1.29, 1.82) is 0 Å². The molecular formula is C21H22N4O. The molecule has 0 saturated carbocycles. The highest BCUT2D eigenvalue weighted by Gasteiger charge is 2.26. The van der Waals surface area contributed by atoms with Gasteiger partial charge in [-0.15, -0.1) is 0 Å². The molecule has 2 aliphatic heterocycles. The average molecular weight is 346 g/mol. The first-order chi connectivity index (χ1) is 12.8. The average Bonchev–Trinajstić information content (AvgIpc) is 3.33. The van der Waals surface area contributed by atoms with Crippen LogP contribution >= 0.6 is 0 Å². The van der Waals surface area contributed by atoms with Crippen LogP contribution in [0, 0.1) is 0 Å². The maximum Gasteiger partial charge on any atom is 0.122 e. The van der Waals surface area contributed by atoms with Crippen molar-refractivity contribution < 1.29 is 4.74 Å². The molecule has 0 spiro atoms. The van der Waals surface area contributed by atoms with Crippen molar-refractivity contribution in [2.75, 3.05) is 13.2 Å². The Morgan fingerprint density at radius 3 is 3.04 bits per heavy atom. The Morgan fingerprint density at radius 1 is 1.19 bits per heavy atom. The van der Waals surface area contributed by atoms with E-state index in [1.807, 2.05) is 18.6 Å². The van der Waals surface area contributed by atoms with Crippen LogP contribution in [0.1, 0.15) is 29.8 Å². The minimum absolute atomic E-state index is 0.342. The van der Waals surface area contributed by atoms with Gasteiger partial charge in [0.1, 0.15) is 5.75 Å². The third-order valence-electron chi connectivity index (χ3n) is 5.61. The number of rotatable bonds is 3. The Balaban J connectivity index is 1.42. The van der Waals surface area contributed by atoms with Crippen LogP contribution in [0.4, 0.5) is 0 Å². The van der Waals surface area contributed by atoms with Crippen molar-refractivity contribution >= 4 is 0 Å². The number of nitrogens with zero attached hydrogens (tertiary/aromatic N) is 4. The van der Waals surface area contributed by atoms with Gasteiger partial charge in [-0.1, -0.05) is 12.1 Å². The van der Waals surface area contributed by atoms with Gasteiger partial charge < -0.3 is 9.30 Å². The molecule has 0 fully saturated rings. The van der Waals surface area contributed by atoms with Gasteiger partial charge in [-0.05, 0) is 36.2 Å². The Bertz CT molecular complexity index is 934. The molecular weight excluding hydrogens is 324 g/mol. The van der Waals surface area contributed by atoms with Gasteiger partial charge in [0.25, 0.3) is 0 Å². The largest absolute Gasteiger partial charge is 0.493 e. The molecule has 1 unspecified atom stereocenters. The molecule has 1 aromatic carbocycles. The van der Waals surface area contributed by atoms with Crippen LogP contribution in [0.15, 0.2) is 49.1 Å². The topological polar surface area (TPSA) is 43.2 Å². The first-order valence-corrected chi connectivity index (χ1v) is 9.23. The summed E-state index contributed by atoms with van der Waals surface area (Å²) >= 11 is 0. The van der Waals surface area contributed by atoms with Crippen LogP contribution in [0.25, 0.3) is 11.3 Å². The molecule has 0 bridgehead atoms. The van der Waals surface area contributed by atoms with Gasteiger partial charge in [0, 0.05) is 50.1 Å². The maximum absolute atomic E-state index is 5.76. The van der Waals surface area contributed by atoms with E-state index in [9.17, 15) is 0 Å². The van der Waals surface area contributed by atoms with E-state index < -0.39 is 0 Å². The van der Waals surface area contributed by atoms with E-state index in [-0.39, 0.29) is 0 Å². The first kappa shape index (κ1) is 15.6. The van der Waals surface area contributed by atoms with Gasteiger partial charge in [0.2, 0.25) is 0 Å². The van der Waals surface area contributed by atoms with Crippen molar-refractivity contribution in [2.45, 2.75) is 32.5 Å².